The first-order valence-corrected chi connectivity index (χ1v) is 9.66. The zero-order valence-electron chi connectivity index (χ0n) is 13.5. The number of hydrogen-bond donors (Lipinski definition) is 1. The predicted octanol–water partition coefficient (Wildman–Crippen LogP) is 2.64. The number of aliphatic hydroxyl groups is 1. The fraction of sp³-hybridized carbons (Fsp3) is 0.211. The maximum absolute atomic E-state index is 12.8. The van der Waals surface area contributed by atoms with Crippen LogP contribution >= 0.6 is 0 Å². The molecular formula is C19H18N2O3S. The molecule has 1 N–H and O–H groups in total. The molecule has 0 amide bonds. The van der Waals surface area contributed by atoms with E-state index < -0.39 is 9.84 Å². The predicted molar refractivity (Wildman–Crippen MR) is 96.5 cm³/mol. The van der Waals surface area contributed by atoms with Crippen LogP contribution in [0, 0.1) is 0 Å². The zero-order chi connectivity index (χ0) is 17.4. The Morgan fingerprint density at radius 1 is 1.04 bits per heavy atom. The molecule has 1 fully saturated rings. The Hall–Kier alpha value is -2.44. The average Bonchev–Trinajstić information content (AvgIpc) is 3.07. The van der Waals surface area contributed by atoms with Gasteiger partial charge in [-0.15, -0.1) is 0 Å². The minimum atomic E-state index is -3.59. The van der Waals surface area contributed by atoms with E-state index in [0.29, 0.717) is 6.54 Å². The van der Waals surface area contributed by atoms with Crippen molar-refractivity contribution in [2.45, 2.75) is 22.3 Å². The Kier molecular flexibility index (Phi) is 3.94. The lowest BCUT2D eigenvalue weighted by molar-refractivity contribution is 0.198. The van der Waals surface area contributed by atoms with E-state index >= 15 is 0 Å². The third-order valence-electron chi connectivity index (χ3n) is 4.53. The van der Waals surface area contributed by atoms with Gasteiger partial charge in [0.25, 0.3) is 0 Å². The van der Waals surface area contributed by atoms with Crippen molar-refractivity contribution in [3.05, 3.63) is 60.8 Å². The van der Waals surface area contributed by atoms with Crippen LogP contribution in [0.2, 0.25) is 0 Å². The Morgan fingerprint density at radius 2 is 1.84 bits per heavy atom. The van der Waals surface area contributed by atoms with Gasteiger partial charge < -0.3 is 10.0 Å². The average molecular weight is 354 g/mol. The SMILES string of the molecule is O=S(=O)(c1ccccc1)c1cnc2c(N3CCC(O)C3)cccc2c1. The second-order valence-corrected chi connectivity index (χ2v) is 8.17. The molecule has 1 unspecified atom stereocenters. The highest BCUT2D eigenvalue weighted by molar-refractivity contribution is 7.91. The molecule has 1 atom stereocenters. The number of fused-ring (bicyclic) bond motifs is 1. The molecule has 4 rings (SSSR count). The molecule has 3 aromatic rings. The van der Waals surface area contributed by atoms with Crippen LogP contribution in [0.5, 0.6) is 0 Å². The van der Waals surface area contributed by atoms with Crippen molar-refractivity contribution in [1.29, 1.82) is 0 Å². The maximum atomic E-state index is 12.8. The fourth-order valence-electron chi connectivity index (χ4n) is 3.22. The van der Waals surface area contributed by atoms with Crippen molar-refractivity contribution in [3.8, 4) is 0 Å². The molecule has 1 saturated heterocycles. The minimum absolute atomic E-state index is 0.185. The zero-order valence-corrected chi connectivity index (χ0v) is 14.4. The van der Waals surface area contributed by atoms with Crippen LogP contribution in [-0.2, 0) is 9.84 Å². The first-order valence-electron chi connectivity index (χ1n) is 8.17. The molecule has 0 aliphatic carbocycles. The molecule has 25 heavy (non-hydrogen) atoms. The van der Waals surface area contributed by atoms with E-state index in [4.69, 9.17) is 0 Å². The molecule has 0 radical (unpaired) electrons. The van der Waals surface area contributed by atoms with E-state index in [0.717, 1.165) is 29.6 Å². The van der Waals surface area contributed by atoms with Crippen LogP contribution in [0.3, 0.4) is 0 Å². The van der Waals surface area contributed by atoms with Crippen LogP contribution in [0.15, 0.2) is 70.6 Å². The van der Waals surface area contributed by atoms with Gasteiger partial charge in [0.15, 0.2) is 0 Å². The molecule has 0 bridgehead atoms. The van der Waals surface area contributed by atoms with Crippen LogP contribution in [-0.4, -0.2) is 37.7 Å². The Morgan fingerprint density at radius 3 is 2.56 bits per heavy atom. The lowest BCUT2D eigenvalue weighted by Gasteiger charge is -2.19. The van der Waals surface area contributed by atoms with Crippen LogP contribution in [0.4, 0.5) is 5.69 Å². The topological polar surface area (TPSA) is 70.5 Å². The first kappa shape index (κ1) is 16.1. The van der Waals surface area contributed by atoms with E-state index in [2.05, 4.69) is 9.88 Å². The van der Waals surface area contributed by atoms with E-state index in [1.165, 1.54) is 6.20 Å². The van der Waals surface area contributed by atoms with Crippen molar-refractivity contribution in [1.82, 2.24) is 4.98 Å². The first-order chi connectivity index (χ1) is 12.1. The number of anilines is 1. The molecular weight excluding hydrogens is 336 g/mol. The number of nitrogens with zero attached hydrogens (tertiary/aromatic N) is 2. The standard InChI is InChI=1S/C19H18N2O3S/c22-15-9-10-21(13-15)18-8-4-5-14-11-17(12-20-19(14)18)25(23,24)16-6-2-1-3-7-16/h1-8,11-12,15,22H,9-10,13H2. The normalized spacial score (nSPS) is 18.0. The number of sulfone groups is 1. The second kappa shape index (κ2) is 6.13. The Bertz CT molecular complexity index is 1020. The lowest BCUT2D eigenvalue weighted by Crippen LogP contribution is -2.21. The summed E-state index contributed by atoms with van der Waals surface area (Å²) < 4.78 is 25.6. The summed E-state index contributed by atoms with van der Waals surface area (Å²) >= 11 is 0. The van der Waals surface area contributed by atoms with Crippen molar-refractivity contribution < 1.29 is 13.5 Å². The van der Waals surface area contributed by atoms with Gasteiger partial charge in [0, 0.05) is 24.7 Å². The van der Waals surface area contributed by atoms with Gasteiger partial charge in [0.05, 0.1) is 27.1 Å². The Labute approximate surface area is 146 Å². The molecule has 1 aromatic heterocycles. The smallest absolute Gasteiger partial charge is 0.208 e. The van der Waals surface area contributed by atoms with Crippen LogP contribution in [0.1, 0.15) is 6.42 Å². The summed E-state index contributed by atoms with van der Waals surface area (Å²) in [5, 5.41) is 10.5. The van der Waals surface area contributed by atoms with E-state index in [-0.39, 0.29) is 15.9 Å². The number of para-hydroxylation sites is 1. The number of rotatable bonds is 3. The monoisotopic (exact) mass is 354 g/mol. The minimum Gasteiger partial charge on any atom is -0.391 e. The number of pyridine rings is 1. The van der Waals surface area contributed by atoms with Gasteiger partial charge in [-0.25, -0.2) is 8.42 Å². The fourth-order valence-corrected chi connectivity index (χ4v) is 4.48. The summed E-state index contributed by atoms with van der Waals surface area (Å²) in [5.41, 5.74) is 1.68. The molecule has 0 spiro atoms. The van der Waals surface area contributed by atoms with Crippen molar-refractivity contribution in [2.75, 3.05) is 18.0 Å². The summed E-state index contributed by atoms with van der Waals surface area (Å²) in [6.45, 7) is 1.34. The summed E-state index contributed by atoms with van der Waals surface area (Å²) in [5.74, 6) is 0. The summed E-state index contributed by atoms with van der Waals surface area (Å²) in [7, 11) is -3.59. The van der Waals surface area contributed by atoms with Crippen molar-refractivity contribution in [2.24, 2.45) is 0 Å². The van der Waals surface area contributed by atoms with E-state index in [1.807, 2.05) is 18.2 Å². The number of β-amino-alcohol motifs (C(OH)–C–C–N with tert-alkyl or cyclic N) is 1. The number of hydrogen-bond acceptors (Lipinski definition) is 5. The molecule has 1 aliphatic heterocycles. The Balaban J connectivity index is 1.79. The quantitative estimate of drug-likeness (QED) is 0.783. The van der Waals surface area contributed by atoms with Gasteiger partial charge in [-0.2, -0.15) is 0 Å². The molecule has 0 saturated carbocycles. The van der Waals surface area contributed by atoms with Crippen molar-refractivity contribution in [3.63, 3.8) is 0 Å². The van der Waals surface area contributed by atoms with Crippen LogP contribution in [0.25, 0.3) is 10.9 Å². The van der Waals surface area contributed by atoms with Crippen LogP contribution < -0.4 is 4.90 Å². The highest BCUT2D eigenvalue weighted by atomic mass is 32.2. The summed E-state index contributed by atoms with van der Waals surface area (Å²) in [6, 6.07) is 15.7. The molecule has 2 aromatic carbocycles. The van der Waals surface area contributed by atoms with Gasteiger partial charge in [-0.3, -0.25) is 4.98 Å². The second-order valence-electron chi connectivity index (χ2n) is 6.22. The van der Waals surface area contributed by atoms with E-state index in [1.54, 1.807) is 36.4 Å². The van der Waals surface area contributed by atoms with Gasteiger partial charge in [0.2, 0.25) is 9.84 Å². The summed E-state index contributed by atoms with van der Waals surface area (Å²) in [4.78, 5) is 6.97. The molecule has 5 nitrogen and oxygen atoms in total. The maximum Gasteiger partial charge on any atom is 0.208 e. The molecule has 128 valence electrons. The van der Waals surface area contributed by atoms with Gasteiger partial charge in [-0.05, 0) is 30.7 Å². The highest BCUT2D eigenvalue weighted by Crippen LogP contribution is 2.30. The summed E-state index contributed by atoms with van der Waals surface area (Å²) in [6.07, 6.45) is 1.82. The highest BCUT2D eigenvalue weighted by Gasteiger charge is 2.23. The lowest BCUT2D eigenvalue weighted by atomic mass is 10.2. The van der Waals surface area contributed by atoms with E-state index in [9.17, 15) is 13.5 Å². The number of benzene rings is 2. The largest absolute Gasteiger partial charge is 0.391 e. The van der Waals surface area contributed by atoms with Gasteiger partial charge >= 0.3 is 0 Å². The van der Waals surface area contributed by atoms with Gasteiger partial charge in [0.1, 0.15) is 0 Å². The third kappa shape index (κ3) is 2.88. The van der Waals surface area contributed by atoms with Crippen molar-refractivity contribution >= 4 is 26.4 Å². The third-order valence-corrected chi connectivity index (χ3v) is 6.27. The molecule has 6 heteroatoms. The number of aliphatic hydroxyl groups excluding tert-OH is 1. The molecule has 2 heterocycles. The number of aromatic nitrogens is 1. The van der Waals surface area contributed by atoms with Gasteiger partial charge in [-0.1, -0.05) is 30.3 Å². The molecule has 1 aliphatic rings.